The van der Waals surface area contributed by atoms with E-state index in [0.717, 1.165) is 12.0 Å². The van der Waals surface area contributed by atoms with Gasteiger partial charge < -0.3 is 14.5 Å². The lowest BCUT2D eigenvalue weighted by molar-refractivity contribution is -0.136. The van der Waals surface area contributed by atoms with Gasteiger partial charge in [0.15, 0.2) is 0 Å². The van der Waals surface area contributed by atoms with E-state index < -0.39 is 23.2 Å². The summed E-state index contributed by atoms with van der Waals surface area (Å²) in [5.74, 6) is 0.539. The smallest absolute Gasteiger partial charge is 0.417 e. The quantitative estimate of drug-likeness (QED) is 0.660. The number of rotatable bonds is 5. The average Bonchev–Trinajstić information content (AvgIpc) is 3.19. The number of alkyl halides is 3. The van der Waals surface area contributed by atoms with E-state index in [1.165, 1.54) is 18.2 Å². The van der Waals surface area contributed by atoms with Crippen LogP contribution in [-0.2, 0) is 10.9 Å². The lowest BCUT2D eigenvalue weighted by atomic mass is 10.0. The molecular weight excluding hydrogens is 411 g/mol. The van der Waals surface area contributed by atoms with Crippen molar-refractivity contribution < 1.29 is 27.1 Å². The van der Waals surface area contributed by atoms with Crippen LogP contribution >= 0.6 is 0 Å². The van der Waals surface area contributed by atoms with Crippen LogP contribution in [0.4, 0.5) is 13.2 Å². The third-order valence-electron chi connectivity index (χ3n) is 5.34. The monoisotopic (exact) mass is 433 g/mol. The minimum atomic E-state index is -4.70. The molecule has 0 bridgehead atoms. The van der Waals surface area contributed by atoms with Crippen LogP contribution in [0, 0.1) is 6.92 Å². The Bertz CT molecular complexity index is 1070. The summed E-state index contributed by atoms with van der Waals surface area (Å²) < 4.78 is 52.7. The summed E-state index contributed by atoms with van der Waals surface area (Å²) in [7, 11) is 0. The number of carbonyl (C=O) groups excluding carboxylic acids is 1. The third kappa shape index (κ3) is 4.57. The maximum Gasteiger partial charge on any atom is 0.417 e. The molecule has 0 saturated carbocycles. The number of nitrogens with one attached hydrogen (secondary N) is 1. The number of benzene rings is 1. The number of halogens is 3. The number of pyridine rings is 1. The van der Waals surface area contributed by atoms with E-state index in [1.54, 1.807) is 6.07 Å². The Kier molecular flexibility index (Phi) is 5.97. The molecular formula is C22H22F3N3O3. The van der Waals surface area contributed by atoms with Crippen LogP contribution in [0.25, 0.3) is 10.9 Å². The van der Waals surface area contributed by atoms with Gasteiger partial charge in [-0.15, -0.1) is 0 Å². The van der Waals surface area contributed by atoms with Crippen molar-refractivity contribution in [1.29, 1.82) is 0 Å². The van der Waals surface area contributed by atoms with E-state index >= 15 is 0 Å². The number of para-hydroxylation sites is 1. The Hall–Kier alpha value is -2.91. The van der Waals surface area contributed by atoms with Crippen molar-refractivity contribution in [2.24, 2.45) is 0 Å². The lowest BCUT2D eigenvalue weighted by Crippen LogP contribution is -2.43. The van der Waals surface area contributed by atoms with Crippen molar-refractivity contribution in [3.63, 3.8) is 0 Å². The molecule has 1 unspecified atom stereocenters. The topological polar surface area (TPSA) is 67.6 Å². The standard InChI is InChI=1S/C22H22F3N3O3/c1-14-6-7-19(31-14)18(28-8-10-30-11-9-28)13-27-21(29)16-12-26-17-5-3-2-4-15(17)20(16)22(23,24)25/h2-7,12,18H,8-11,13H2,1H3,(H,27,29). The molecule has 3 heterocycles. The van der Waals surface area contributed by atoms with Gasteiger partial charge in [-0.25, -0.2) is 0 Å². The van der Waals surface area contributed by atoms with Crippen molar-refractivity contribution in [3.05, 3.63) is 65.2 Å². The zero-order chi connectivity index (χ0) is 22.0. The summed E-state index contributed by atoms with van der Waals surface area (Å²) in [6.07, 6.45) is -3.71. The van der Waals surface area contributed by atoms with Crippen LogP contribution in [0.15, 0.2) is 47.0 Å². The third-order valence-corrected chi connectivity index (χ3v) is 5.34. The van der Waals surface area contributed by atoms with Gasteiger partial charge in [0.2, 0.25) is 0 Å². The Labute approximate surface area is 177 Å². The van der Waals surface area contributed by atoms with E-state index in [2.05, 4.69) is 15.2 Å². The fraction of sp³-hybridized carbons (Fsp3) is 0.364. The molecule has 4 rings (SSSR count). The number of furan rings is 1. The highest BCUT2D eigenvalue weighted by atomic mass is 19.4. The first-order chi connectivity index (χ1) is 14.8. The molecule has 1 fully saturated rings. The second kappa shape index (κ2) is 8.68. The van der Waals surface area contributed by atoms with Gasteiger partial charge >= 0.3 is 6.18 Å². The molecule has 0 aliphatic carbocycles. The number of ether oxygens (including phenoxy) is 1. The van der Waals surface area contributed by atoms with Gasteiger partial charge in [0.25, 0.3) is 5.91 Å². The zero-order valence-electron chi connectivity index (χ0n) is 16.9. The largest absolute Gasteiger partial charge is 0.465 e. The molecule has 1 aliphatic rings. The summed E-state index contributed by atoms with van der Waals surface area (Å²) in [5, 5.41) is 2.56. The van der Waals surface area contributed by atoms with Crippen LogP contribution in [0.2, 0.25) is 0 Å². The highest BCUT2D eigenvalue weighted by Gasteiger charge is 2.38. The Balaban J connectivity index is 1.61. The highest BCUT2D eigenvalue weighted by Crippen LogP contribution is 2.36. The molecule has 1 amide bonds. The van der Waals surface area contributed by atoms with Gasteiger partial charge in [-0.05, 0) is 25.1 Å². The minimum Gasteiger partial charge on any atom is -0.465 e. The minimum absolute atomic E-state index is 0.0932. The van der Waals surface area contributed by atoms with Gasteiger partial charge in [0.1, 0.15) is 11.5 Å². The van der Waals surface area contributed by atoms with E-state index in [-0.39, 0.29) is 23.5 Å². The van der Waals surface area contributed by atoms with Crippen molar-refractivity contribution in [3.8, 4) is 0 Å². The SMILES string of the molecule is Cc1ccc(C(CNC(=O)c2cnc3ccccc3c2C(F)(F)F)N2CCOCC2)o1. The molecule has 1 aromatic carbocycles. The predicted octanol–water partition coefficient (Wildman–Crippen LogP) is 3.96. The number of morpholine rings is 1. The molecule has 1 saturated heterocycles. The number of aryl methyl sites for hydroxylation is 1. The summed E-state index contributed by atoms with van der Waals surface area (Å²) in [4.78, 5) is 19.0. The maximum atomic E-state index is 13.9. The van der Waals surface area contributed by atoms with Crippen molar-refractivity contribution in [2.75, 3.05) is 32.8 Å². The molecule has 3 aromatic rings. The first-order valence-corrected chi connectivity index (χ1v) is 9.96. The number of aromatic nitrogens is 1. The molecule has 1 aliphatic heterocycles. The van der Waals surface area contributed by atoms with Crippen LogP contribution in [-0.4, -0.2) is 48.6 Å². The molecule has 164 valence electrons. The molecule has 1 atom stereocenters. The number of hydrogen-bond acceptors (Lipinski definition) is 5. The fourth-order valence-corrected chi connectivity index (χ4v) is 3.83. The van der Waals surface area contributed by atoms with Gasteiger partial charge in [-0.2, -0.15) is 13.2 Å². The number of fused-ring (bicyclic) bond motifs is 1. The van der Waals surface area contributed by atoms with Crippen LogP contribution in [0.5, 0.6) is 0 Å². The Morgan fingerprint density at radius 2 is 1.94 bits per heavy atom. The molecule has 2 aromatic heterocycles. The van der Waals surface area contributed by atoms with Gasteiger partial charge in [0.05, 0.1) is 35.9 Å². The lowest BCUT2D eigenvalue weighted by Gasteiger charge is -2.33. The first kappa shape index (κ1) is 21.3. The number of amides is 1. The molecule has 9 heteroatoms. The van der Waals surface area contributed by atoms with E-state index in [4.69, 9.17) is 9.15 Å². The normalized spacial score (nSPS) is 16.4. The highest BCUT2D eigenvalue weighted by molar-refractivity contribution is 6.00. The maximum absolute atomic E-state index is 13.9. The first-order valence-electron chi connectivity index (χ1n) is 9.96. The second-order valence-corrected chi connectivity index (χ2v) is 7.38. The van der Waals surface area contributed by atoms with Gasteiger partial charge in [0, 0.05) is 31.2 Å². The number of carbonyl (C=O) groups is 1. The molecule has 0 radical (unpaired) electrons. The Morgan fingerprint density at radius 1 is 1.19 bits per heavy atom. The molecule has 1 N–H and O–H groups in total. The summed E-state index contributed by atoms with van der Waals surface area (Å²) in [5.41, 5.74) is -1.29. The zero-order valence-corrected chi connectivity index (χ0v) is 16.9. The molecule has 0 spiro atoms. The number of nitrogens with zero attached hydrogens (tertiary/aromatic N) is 2. The van der Waals surface area contributed by atoms with Crippen LogP contribution in [0.1, 0.15) is 33.5 Å². The number of hydrogen-bond donors (Lipinski definition) is 1. The summed E-state index contributed by atoms with van der Waals surface area (Å²) in [6, 6.07) is 9.23. The average molecular weight is 433 g/mol. The van der Waals surface area contributed by atoms with E-state index in [9.17, 15) is 18.0 Å². The van der Waals surface area contributed by atoms with Gasteiger partial charge in [-0.3, -0.25) is 14.7 Å². The van der Waals surface area contributed by atoms with Crippen LogP contribution in [0.3, 0.4) is 0 Å². The molecule has 31 heavy (non-hydrogen) atoms. The van der Waals surface area contributed by atoms with Crippen molar-refractivity contribution >= 4 is 16.8 Å². The van der Waals surface area contributed by atoms with Gasteiger partial charge in [-0.1, -0.05) is 18.2 Å². The molecule has 6 nitrogen and oxygen atoms in total. The van der Waals surface area contributed by atoms with Crippen molar-refractivity contribution in [1.82, 2.24) is 15.2 Å². The summed E-state index contributed by atoms with van der Waals surface area (Å²) in [6.45, 7) is 4.25. The van der Waals surface area contributed by atoms with E-state index in [1.807, 2.05) is 19.1 Å². The summed E-state index contributed by atoms with van der Waals surface area (Å²) >= 11 is 0. The van der Waals surface area contributed by atoms with Crippen LogP contribution < -0.4 is 5.32 Å². The van der Waals surface area contributed by atoms with E-state index in [0.29, 0.717) is 32.1 Å². The van der Waals surface area contributed by atoms with Crippen molar-refractivity contribution in [2.45, 2.75) is 19.1 Å². The fourth-order valence-electron chi connectivity index (χ4n) is 3.83. The predicted molar refractivity (Wildman–Crippen MR) is 108 cm³/mol. The Morgan fingerprint density at radius 3 is 2.61 bits per heavy atom. The second-order valence-electron chi connectivity index (χ2n) is 7.38.